The van der Waals surface area contributed by atoms with E-state index in [2.05, 4.69) is 4.98 Å². The Morgan fingerprint density at radius 1 is 1.21 bits per heavy atom. The molecular weight excluding hydrogens is 272 g/mol. The van der Waals surface area contributed by atoms with E-state index in [0.717, 1.165) is 4.90 Å². The van der Waals surface area contributed by atoms with Crippen molar-refractivity contribution >= 4 is 29.0 Å². The molecule has 3 rings (SSSR count). The normalized spacial score (nSPS) is 15.5. The van der Waals surface area contributed by atoms with Crippen LogP contribution in [0.2, 0.25) is 0 Å². The van der Waals surface area contributed by atoms with Crippen LogP contribution in [0.3, 0.4) is 0 Å². The van der Waals surface area contributed by atoms with Crippen molar-refractivity contribution in [3.05, 3.63) is 11.6 Å². The topological polar surface area (TPSA) is 104 Å². The molecule has 7 nitrogen and oxygen atoms in total. The maximum Gasteiger partial charge on any atom is 0.256 e. The number of aromatic hydroxyl groups is 2. The number of rotatable bonds is 2. The summed E-state index contributed by atoms with van der Waals surface area (Å²) in [5, 5.41) is 21.6. The van der Waals surface area contributed by atoms with Gasteiger partial charge in [0.2, 0.25) is 29.1 Å². The monoisotopic (exact) mass is 280 g/mol. The van der Waals surface area contributed by atoms with E-state index in [-0.39, 0.29) is 24.5 Å². The highest BCUT2D eigenvalue weighted by Gasteiger charge is 2.37. The van der Waals surface area contributed by atoms with Gasteiger partial charge in [-0.2, -0.15) is 0 Å². The van der Waals surface area contributed by atoms with Gasteiger partial charge in [0, 0.05) is 24.4 Å². The number of hydrogen-bond acceptors (Lipinski definition) is 7. The summed E-state index contributed by atoms with van der Waals surface area (Å²) in [6.45, 7) is 0. The molecule has 0 spiro atoms. The highest BCUT2D eigenvalue weighted by atomic mass is 32.1. The molecule has 0 bridgehead atoms. The Balaban J connectivity index is 2.11. The molecule has 19 heavy (non-hydrogen) atoms. The minimum absolute atomic E-state index is 0.0602. The quantitative estimate of drug-likeness (QED) is 0.807. The smallest absolute Gasteiger partial charge is 0.256 e. The van der Waals surface area contributed by atoms with Crippen molar-refractivity contribution in [2.24, 2.45) is 0 Å². The summed E-state index contributed by atoms with van der Waals surface area (Å²) in [4.78, 5) is 27.8. The molecular formula is C11H8N2O5S. The third-order valence-electron chi connectivity index (χ3n) is 2.72. The lowest BCUT2D eigenvalue weighted by atomic mass is 10.4. The van der Waals surface area contributed by atoms with Crippen molar-refractivity contribution in [3.8, 4) is 22.3 Å². The fraction of sp³-hybridized carbons (Fsp3) is 0.182. The molecule has 8 heteroatoms. The van der Waals surface area contributed by atoms with Gasteiger partial charge in [0.05, 0.1) is 0 Å². The van der Waals surface area contributed by atoms with Crippen LogP contribution in [0.15, 0.2) is 16.0 Å². The average molecular weight is 280 g/mol. The third-order valence-corrected chi connectivity index (χ3v) is 3.49. The Hall–Kier alpha value is -2.35. The Morgan fingerprint density at radius 3 is 2.47 bits per heavy atom. The number of thiazole rings is 1. The van der Waals surface area contributed by atoms with E-state index in [4.69, 9.17) is 4.42 Å². The number of carbonyl (C=O) groups excluding carboxylic acids is 2. The predicted molar refractivity (Wildman–Crippen MR) is 64.9 cm³/mol. The number of nitrogens with zero attached hydrogens (tertiary/aromatic N) is 2. The summed E-state index contributed by atoms with van der Waals surface area (Å²) >= 11 is 1.19. The van der Waals surface area contributed by atoms with Gasteiger partial charge in [-0.3, -0.25) is 9.59 Å². The van der Waals surface area contributed by atoms with Gasteiger partial charge >= 0.3 is 0 Å². The number of furan rings is 1. The molecule has 0 saturated carbocycles. The highest BCUT2D eigenvalue weighted by molar-refractivity contribution is 7.13. The van der Waals surface area contributed by atoms with Crippen molar-refractivity contribution in [2.75, 3.05) is 4.90 Å². The molecule has 1 aliphatic rings. The van der Waals surface area contributed by atoms with Gasteiger partial charge in [0.15, 0.2) is 5.01 Å². The second kappa shape index (κ2) is 4.09. The summed E-state index contributed by atoms with van der Waals surface area (Å²) in [7, 11) is 0. The molecule has 1 fully saturated rings. The summed E-state index contributed by atoms with van der Waals surface area (Å²) in [6, 6.07) is 0. The van der Waals surface area contributed by atoms with Gasteiger partial charge in [-0.05, 0) is 0 Å². The van der Waals surface area contributed by atoms with Crippen LogP contribution in [-0.2, 0) is 9.59 Å². The first-order valence-electron chi connectivity index (χ1n) is 5.40. The number of aromatic nitrogens is 1. The molecule has 2 aromatic rings. The van der Waals surface area contributed by atoms with Crippen LogP contribution in [0, 0.1) is 0 Å². The molecule has 3 heterocycles. The van der Waals surface area contributed by atoms with E-state index < -0.39 is 23.3 Å². The molecule has 1 saturated heterocycles. The number of hydrogen-bond donors (Lipinski definition) is 2. The van der Waals surface area contributed by atoms with Crippen LogP contribution in [0.5, 0.6) is 11.5 Å². The lowest BCUT2D eigenvalue weighted by Gasteiger charge is -2.09. The molecule has 98 valence electrons. The van der Waals surface area contributed by atoms with Gasteiger partial charge < -0.3 is 14.6 Å². The third kappa shape index (κ3) is 1.68. The van der Waals surface area contributed by atoms with E-state index >= 15 is 0 Å². The standard InChI is InChI=1S/C11H8N2O5S/c14-5-1-2-6(15)13(5)11-8(17)7(16)9(18-11)10-12-3-4-19-10/h3-4,16-17H,1-2H2. The molecule has 0 unspecified atom stereocenters. The number of carbonyl (C=O) groups is 2. The molecule has 0 atom stereocenters. The van der Waals surface area contributed by atoms with Gasteiger partial charge in [0.25, 0.3) is 5.88 Å². The summed E-state index contributed by atoms with van der Waals surface area (Å²) in [6.07, 6.45) is 1.63. The number of imide groups is 1. The van der Waals surface area contributed by atoms with E-state index in [1.54, 1.807) is 5.38 Å². The SMILES string of the molecule is O=C1CCC(=O)N1c1oc(-c2nccs2)c(O)c1O. The van der Waals surface area contributed by atoms with Crippen LogP contribution in [0.4, 0.5) is 5.88 Å². The Bertz CT molecular complexity index is 645. The van der Waals surface area contributed by atoms with Crippen LogP contribution >= 0.6 is 11.3 Å². The zero-order chi connectivity index (χ0) is 13.6. The van der Waals surface area contributed by atoms with Crippen molar-refractivity contribution < 1.29 is 24.2 Å². The second-order valence-corrected chi connectivity index (χ2v) is 4.79. The van der Waals surface area contributed by atoms with E-state index in [1.807, 2.05) is 0 Å². The van der Waals surface area contributed by atoms with Gasteiger partial charge in [-0.1, -0.05) is 0 Å². The summed E-state index contributed by atoms with van der Waals surface area (Å²) < 4.78 is 5.25. The van der Waals surface area contributed by atoms with E-state index in [1.165, 1.54) is 17.5 Å². The van der Waals surface area contributed by atoms with Crippen molar-refractivity contribution in [1.82, 2.24) is 4.98 Å². The summed E-state index contributed by atoms with van der Waals surface area (Å²) in [5.74, 6) is -2.52. The van der Waals surface area contributed by atoms with Crippen LogP contribution in [-0.4, -0.2) is 27.0 Å². The first-order chi connectivity index (χ1) is 9.09. The van der Waals surface area contributed by atoms with Crippen molar-refractivity contribution in [1.29, 1.82) is 0 Å². The lowest BCUT2D eigenvalue weighted by Crippen LogP contribution is -2.28. The predicted octanol–water partition coefficient (Wildman–Crippen LogP) is 1.47. The maximum atomic E-state index is 11.6. The second-order valence-electron chi connectivity index (χ2n) is 3.89. The molecule has 0 aromatic carbocycles. The minimum Gasteiger partial charge on any atom is -0.501 e. The fourth-order valence-corrected chi connectivity index (χ4v) is 2.46. The first kappa shape index (κ1) is 11.7. The van der Waals surface area contributed by atoms with E-state index in [9.17, 15) is 19.8 Å². The largest absolute Gasteiger partial charge is 0.501 e. The molecule has 2 amide bonds. The van der Waals surface area contributed by atoms with Crippen LogP contribution < -0.4 is 4.90 Å². The highest BCUT2D eigenvalue weighted by Crippen LogP contribution is 2.48. The first-order valence-corrected chi connectivity index (χ1v) is 6.28. The Kier molecular flexibility index (Phi) is 2.53. The summed E-state index contributed by atoms with van der Waals surface area (Å²) in [5.41, 5.74) is 0. The number of amides is 2. The van der Waals surface area contributed by atoms with Crippen molar-refractivity contribution in [3.63, 3.8) is 0 Å². The number of anilines is 1. The minimum atomic E-state index is -0.631. The van der Waals surface area contributed by atoms with Crippen LogP contribution in [0.1, 0.15) is 12.8 Å². The van der Waals surface area contributed by atoms with Gasteiger partial charge in [-0.15, -0.1) is 11.3 Å². The molecule has 0 aliphatic carbocycles. The fourth-order valence-electron chi connectivity index (χ4n) is 1.84. The molecule has 1 aliphatic heterocycles. The molecule has 0 radical (unpaired) electrons. The molecule has 2 N–H and O–H groups in total. The lowest BCUT2D eigenvalue weighted by molar-refractivity contribution is -0.121. The maximum absolute atomic E-state index is 11.6. The van der Waals surface area contributed by atoms with Crippen molar-refractivity contribution in [2.45, 2.75) is 12.8 Å². The Morgan fingerprint density at radius 2 is 1.89 bits per heavy atom. The zero-order valence-electron chi connectivity index (χ0n) is 9.49. The van der Waals surface area contributed by atoms with Gasteiger partial charge in [0.1, 0.15) is 0 Å². The molecule has 2 aromatic heterocycles. The van der Waals surface area contributed by atoms with E-state index in [0.29, 0.717) is 5.01 Å². The van der Waals surface area contributed by atoms with Gasteiger partial charge in [-0.25, -0.2) is 9.88 Å². The average Bonchev–Trinajstić information content (AvgIpc) is 3.06. The van der Waals surface area contributed by atoms with Crippen LogP contribution in [0.25, 0.3) is 10.8 Å². The Labute approximate surface area is 110 Å². The zero-order valence-corrected chi connectivity index (χ0v) is 10.3.